The quantitative estimate of drug-likeness (QED) is 0.618. The van der Waals surface area contributed by atoms with Crippen molar-refractivity contribution in [1.29, 1.82) is 0 Å². The van der Waals surface area contributed by atoms with Crippen LogP contribution in [0.3, 0.4) is 0 Å². The summed E-state index contributed by atoms with van der Waals surface area (Å²) in [5.41, 5.74) is -2.69. The summed E-state index contributed by atoms with van der Waals surface area (Å²) in [4.78, 5) is 24.5. The Kier molecular flexibility index (Phi) is 3.40. The Morgan fingerprint density at radius 2 is 1.90 bits per heavy atom. The van der Waals surface area contributed by atoms with Gasteiger partial charge in [-0.05, 0) is 26.3 Å². The van der Waals surface area contributed by atoms with Gasteiger partial charge >= 0.3 is 5.97 Å². The first kappa shape index (κ1) is 14.6. The van der Waals surface area contributed by atoms with Gasteiger partial charge in [-0.3, -0.25) is 9.59 Å². The van der Waals surface area contributed by atoms with E-state index in [1.807, 2.05) is 0 Å². The van der Waals surface area contributed by atoms with Crippen LogP contribution < -0.4 is 0 Å². The lowest BCUT2D eigenvalue weighted by molar-refractivity contribution is -0.171. The predicted octanol–water partition coefficient (Wildman–Crippen LogP) is 3.02. The molecular formula is C15H16F2O3. The van der Waals surface area contributed by atoms with Gasteiger partial charge in [0, 0.05) is 12.0 Å². The molecule has 1 aromatic rings. The molecule has 0 bridgehead atoms. The molecule has 1 atom stereocenters. The number of halogens is 2. The van der Waals surface area contributed by atoms with Crippen LogP contribution in [-0.4, -0.2) is 23.8 Å². The fourth-order valence-electron chi connectivity index (χ4n) is 2.32. The van der Waals surface area contributed by atoms with Crippen LogP contribution in [0.4, 0.5) is 8.78 Å². The zero-order valence-corrected chi connectivity index (χ0v) is 11.6. The van der Waals surface area contributed by atoms with Crippen molar-refractivity contribution in [2.24, 2.45) is 5.41 Å². The summed E-state index contributed by atoms with van der Waals surface area (Å²) in [7, 11) is 0. The molecule has 2 rings (SSSR count). The Hall–Kier alpha value is -1.78. The van der Waals surface area contributed by atoms with Crippen molar-refractivity contribution in [3.05, 3.63) is 35.4 Å². The SMILES string of the molecule is CC(C)(C)OC(=O)C1(C(F)F)Cc2ccccc2C1=O. The Morgan fingerprint density at radius 1 is 1.30 bits per heavy atom. The third-order valence-corrected chi connectivity index (χ3v) is 3.27. The fraction of sp³-hybridized carbons (Fsp3) is 0.467. The van der Waals surface area contributed by atoms with E-state index in [1.54, 1.807) is 39.0 Å². The van der Waals surface area contributed by atoms with E-state index < -0.39 is 29.2 Å². The first-order valence-electron chi connectivity index (χ1n) is 6.33. The molecular weight excluding hydrogens is 266 g/mol. The summed E-state index contributed by atoms with van der Waals surface area (Å²) < 4.78 is 32.1. The summed E-state index contributed by atoms with van der Waals surface area (Å²) in [5, 5.41) is 0. The van der Waals surface area contributed by atoms with Gasteiger partial charge in [0.2, 0.25) is 0 Å². The van der Waals surface area contributed by atoms with Crippen molar-refractivity contribution in [1.82, 2.24) is 0 Å². The number of Topliss-reactive ketones (excluding diaryl/α,β-unsaturated/α-hetero) is 1. The summed E-state index contributed by atoms with van der Waals surface area (Å²) in [5.74, 6) is -2.00. The van der Waals surface area contributed by atoms with Gasteiger partial charge in [0.1, 0.15) is 5.60 Å². The maximum Gasteiger partial charge on any atom is 0.326 e. The molecule has 0 aliphatic heterocycles. The van der Waals surface area contributed by atoms with Gasteiger partial charge in [0.25, 0.3) is 6.43 Å². The molecule has 108 valence electrons. The van der Waals surface area contributed by atoms with Crippen molar-refractivity contribution in [3.63, 3.8) is 0 Å². The third kappa shape index (κ3) is 2.21. The smallest absolute Gasteiger partial charge is 0.326 e. The number of ketones is 1. The number of carbonyl (C=O) groups is 2. The van der Waals surface area contributed by atoms with Crippen LogP contribution in [0, 0.1) is 5.41 Å². The number of rotatable bonds is 2. The second-order valence-corrected chi connectivity index (χ2v) is 5.94. The van der Waals surface area contributed by atoms with Crippen molar-refractivity contribution < 1.29 is 23.1 Å². The monoisotopic (exact) mass is 282 g/mol. The standard InChI is InChI=1S/C15H16F2O3/c1-14(2,3)20-13(19)15(12(16)17)8-9-6-4-5-7-10(9)11(15)18/h4-7,12H,8H2,1-3H3. The molecule has 5 heteroatoms. The molecule has 20 heavy (non-hydrogen) atoms. The van der Waals surface area contributed by atoms with Crippen molar-refractivity contribution in [3.8, 4) is 0 Å². The van der Waals surface area contributed by atoms with E-state index in [0.29, 0.717) is 5.56 Å². The minimum absolute atomic E-state index is 0.179. The molecule has 3 nitrogen and oxygen atoms in total. The number of hydrogen-bond donors (Lipinski definition) is 0. The Morgan fingerprint density at radius 3 is 2.40 bits per heavy atom. The van der Waals surface area contributed by atoms with E-state index in [0.717, 1.165) is 0 Å². The lowest BCUT2D eigenvalue weighted by Crippen LogP contribution is -2.47. The van der Waals surface area contributed by atoms with Gasteiger partial charge in [0.15, 0.2) is 11.2 Å². The van der Waals surface area contributed by atoms with E-state index in [9.17, 15) is 18.4 Å². The van der Waals surface area contributed by atoms with E-state index in [1.165, 1.54) is 6.07 Å². The molecule has 1 unspecified atom stereocenters. The van der Waals surface area contributed by atoms with Crippen molar-refractivity contribution in [2.75, 3.05) is 0 Å². The van der Waals surface area contributed by atoms with Crippen LogP contribution in [0.25, 0.3) is 0 Å². The minimum atomic E-state index is -3.10. The molecule has 0 amide bonds. The molecule has 1 aromatic carbocycles. The molecule has 0 heterocycles. The number of hydrogen-bond acceptors (Lipinski definition) is 3. The first-order chi connectivity index (χ1) is 9.18. The second-order valence-electron chi connectivity index (χ2n) is 5.94. The molecule has 0 aromatic heterocycles. The van der Waals surface area contributed by atoms with Crippen molar-refractivity contribution >= 4 is 11.8 Å². The number of alkyl halides is 2. The highest BCUT2D eigenvalue weighted by molar-refractivity contribution is 6.16. The van der Waals surface area contributed by atoms with Crippen LogP contribution in [0.15, 0.2) is 24.3 Å². The lowest BCUT2D eigenvalue weighted by atomic mass is 9.84. The second kappa shape index (κ2) is 4.65. The number of ether oxygens (including phenoxy) is 1. The Labute approximate surface area is 115 Å². The van der Waals surface area contributed by atoms with Gasteiger partial charge in [-0.2, -0.15) is 0 Å². The van der Waals surface area contributed by atoms with Gasteiger partial charge in [-0.1, -0.05) is 24.3 Å². The Bertz CT molecular complexity index is 560. The van der Waals surface area contributed by atoms with Gasteiger partial charge in [-0.25, -0.2) is 8.78 Å². The zero-order valence-electron chi connectivity index (χ0n) is 11.6. The van der Waals surface area contributed by atoms with Crippen LogP contribution in [0.5, 0.6) is 0 Å². The average Bonchev–Trinajstić information content (AvgIpc) is 2.62. The predicted molar refractivity (Wildman–Crippen MR) is 68.8 cm³/mol. The third-order valence-electron chi connectivity index (χ3n) is 3.27. The number of benzene rings is 1. The minimum Gasteiger partial charge on any atom is -0.459 e. The molecule has 1 aliphatic carbocycles. The van der Waals surface area contributed by atoms with Crippen LogP contribution in [0.1, 0.15) is 36.7 Å². The van der Waals surface area contributed by atoms with E-state index in [-0.39, 0.29) is 12.0 Å². The molecule has 0 spiro atoms. The number of fused-ring (bicyclic) bond motifs is 1. The molecule has 0 saturated carbocycles. The molecule has 0 fully saturated rings. The summed E-state index contributed by atoms with van der Waals surface area (Å²) in [6.45, 7) is 4.74. The van der Waals surface area contributed by atoms with E-state index >= 15 is 0 Å². The summed E-state index contributed by atoms with van der Waals surface area (Å²) in [6.07, 6.45) is -3.41. The first-order valence-corrected chi connectivity index (χ1v) is 6.33. The molecule has 0 N–H and O–H groups in total. The number of esters is 1. The van der Waals surface area contributed by atoms with Crippen LogP contribution in [0.2, 0.25) is 0 Å². The van der Waals surface area contributed by atoms with Crippen molar-refractivity contribution in [2.45, 2.75) is 39.2 Å². The maximum atomic E-state index is 13.5. The summed E-state index contributed by atoms with van der Waals surface area (Å²) >= 11 is 0. The van der Waals surface area contributed by atoms with Gasteiger partial charge in [-0.15, -0.1) is 0 Å². The maximum absolute atomic E-state index is 13.5. The highest BCUT2D eigenvalue weighted by atomic mass is 19.3. The highest BCUT2D eigenvalue weighted by Gasteiger charge is 2.60. The van der Waals surface area contributed by atoms with Gasteiger partial charge in [0.05, 0.1) is 0 Å². The summed E-state index contributed by atoms with van der Waals surface area (Å²) in [6, 6.07) is 6.30. The highest BCUT2D eigenvalue weighted by Crippen LogP contribution is 2.43. The van der Waals surface area contributed by atoms with E-state index in [4.69, 9.17) is 4.74 Å². The molecule has 0 radical (unpaired) electrons. The average molecular weight is 282 g/mol. The largest absolute Gasteiger partial charge is 0.459 e. The molecule has 0 saturated heterocycles. The number of carbonyl (C=O) groups excluding carboxylic acids is 2. The fourth-order valence-corrected chi connectivity index (χ4v) is 2.32. The van der Waals surface area contributed by atoms with Crippen LogP contribution >= 0.6 is 0 Å². The van der Waals surface area contributed by atoms with E-state index in [2.05, 4.69) is 0 Å². The normalized spacial score (nSPS) is 22.0. The topological polar surface area (TPSA) is 43.4 Å². The lowest BCUT2D eigenvalue weighted by Gasteiger charge is -2.29. The molecule has 1 aliphatic rings. The Balaban J connectivity index is 2.45. The van der Waals surface area contributed by atoms with Gasteiger partial charge < -0.3 is 4.74 Å². The van der Waals surface area contributed by atoms with Crippen LogP contribution in [-0.2, 0) is 16.0 Å². The zero-order chi connectivity index (χ0) is 15.1.